The first-order valence-corrected chi connectivity index (χ1v) is 4.45. The Balaban J connectivity index is 3.60. The topological polar surface area (TPSA) is 26.3 Å². The summed E-state index contributed by atoms with van der Waals surface area (Å²) in [6.07, 6.45) is 1.92. The number of hydrogen-bond donors (Lipinski definition) is 0. The molecule has 0 atom stereocenters. The fourth-order valence-electron chi connectivity index (χ4n) is 0.466. The van der Waals surface area contributed by atoms with Crippen LogP contribution in [0.5, 0.6) is 0 Å². The van der Waals surface area contributed by atoms with Crippen LogP contribution < -0.4 is 0 Å². The van der Waals surface area contributed by atoms with Gasteiger partial charge in [0.05, 0.1) is 6.61 Å². The fourth-order valence-corrected chi connectivity index (χ4v) is 0.933. The van der Waals surface area contributed by atoms with Crippen molar-refractivity contribution in [2.24, 2.45) is 0 Å². The standard InChI is InChI=1S/C7H12O2S/c1-4-9-7(8)6(2)5-10-3/h2,4-5H2,1,3H3. The Kier molecular flexibility index (Phi) is 5.12. The van der Waals surface area contributed by atoms with E-state index in [0.717, 1.165) is 0 Å². The monoisotopic (exact) mass is 160 g/mol. The van der Waals surface area contributed by atoms with E-state index in [-0.39, 0.29) is 5.97 Å². The summed E-state index contributed by atoms with van der Waals surface area (Å²) in [5.41, 5.74) is 0.536. The minimum Gasteiger partial charge on any atom is -0.463 e. The van der Waals surface area contributed by atoms with E-state index in [4.69, 9.17) is 4.74 Å². The molecule has 0 aliphatic rings. The van der Waals surface area contributed by atoms with E-state index in [9.17, 15) is 4.79 Å². The molecule has 0 fully saturated rings. The van der Waals surface area contributed by atoms with Crippen LogP contribution in [0.15, 0.2) is 12.2 Å². The molecular weight excluding hydrogens is 148 g/mol. The smallest absolute Gasteiger partial charge is 0.334 e. The second kappa shape index (κ2) is 5.35. The van der Waals surface area contributed by atoms with E-state index in [0.29, 0.717) is 17.9 Å². The van der Waals surface area contributed by atoms with Crippen LogP contribution in [-0.2, 0) is 9.53 Å². The largest absolute Gasteiger partial charge is 0.463 e. The first kappa shape index (κ1) is 9.56. The summed E-state index contributed by atoms with van der Waals surface area (Å²) in [5.74, 6) is 0.371. The molecular formula is C7H12O2S. The van der Waals surface area contributed by atoms with E-state index in [1.807, 2.05) is 6.26 Å². The highest BCUT2D eigenvalue weighted by molar-refractivity contribution is 7.98. The summed E-state index contributed by atoms with van der Waals surface area (Å²) in [7, 11) is 0. The quantitative estimate of drug-likeness (QED) is 0.460. The number of carbonyl (C=O) groups excluding carboxylic acids is 1. The highest BCUT2D eigenvalue weighted by Gasteiger charge is 2.04. The molecule has 0 aliphatic heterocycles. The summed E-state index contributed by atoms with van der Waals surface area (Å²) in [5, 5.41) is 0. The third kappa shape index (κ3) is 3.56. The van der Waals surface area contributed by atoms with Crippen molar-refractivity contribution in [3.8, 4) is 0 Å². The van der Waals surface area contributed by atoms with Gasteiger partial charge in [-0.25, -0.2) is 4.79 Å². The van der Waals surface area contributed by atoms with Gasteiger partial charge < -0.3 is 4.74 Å². The van der Waals surface area contributed by atoms with E-state index < -0.39 is 0 Å². The minimum atomic E-state index is -0.281. The molecule has 0 N–H and O–H groups in total. The van der Waals surface area contributed by atoms with Crippen molar-refractivity contribution in [3.05, 3.63) is 12.2 Å². The third-order valence-electron chi connectivity index (χ3n) is 0.883. The summed E-state index contributed by atoms with van der Waals surface area (Å²) in [6, 6.07) is 0. The highest BCUT2D eigenvalue weighted by atomic mass is 32.2. The van der Waals surface area contributed by atoms with Gasteiger partial charge in [-0.15, -0.1) is 0 Å². The summed E-state index contributed by atoms with van der Waals surface area (Å²) in [4.78, 5) is 10.8. The van der Waals surface area contributed by atoms with Crippen LogP contribution in [0.4, 0.5) is 0 Å². The molecule has 3 heteroatoms. The normalized spacial score (nSPS) is 9.00. The van der Waals surface area contributed by atoms with Crippen LogP contribution in [0, 0.1) is 0 Å². The Morgan fingerprint density at radius 2 is 2.30 bits per heavy atom. The maximum Gasteiger partial charge on any atom is 0.334 e. The molecule has 0 saturated heterocycles. The SMILES string of the molecule is C=C(CSC)C(=O)OCC. The lowest BCUT2D eigenvalue weighted by Gasteiger charge is -2.01. The zero-order valence-electron chi connectivity index (χ0n) is 6.35. The Morgan fingerprint density at radius 1 is 1.70 bits per heavy atom. The van der Waals surface area contributed by atoms with Gasteiger partial charge in [0.1, 0.15) is 0 Å². The van der Waals surface area contributed by atoms with Crippen LogP contribution in [-0.4, -0.2) is 24.6 Å². The van der Waals surface area contributed by atoms with Gasteiger partial charge in [-0.2, -0.15) is 11.8 Å². The van der Waals surface area contributed by atoms with Crippen molar-refractivity contribution in [1.29, 1.82) is 0 Å². The average molecular weight is 160 g/mol. The maximum atomic E-state index is 10.8. The predicted molar refractivity (Wildman–Crippen MR) is 44.2 cm³/mol. The van der Waals surface area contributed by atoms with Crippen LogP contribution in [0.1, 0.15) is 6.92 Å². The Labute approximate surface area is 65.6 Å². The van der Waals surface area contributed by atoms with E-state index >= 15 is 0 Å². The van der Waals surface area contributed by atoms with Crippen LogP contribution in [0.2, 0.25) is 0 Å². The molecule has 0 heterocycles. The third-order valence-corrected chi connectivity index (χ3v) is 1.52. The fraction of sp³-hybridized carbons (Fsp3) is 0.571. The lowest BCUT2D eigenvalue weighted by molar-refractivity contribution is -0.138. The Hall–Kier alpha value is -0.440. The van der Waals surface area contributed by atoms with Crippen LogP contribution >= 0.6 is 11.8 Å². The zero-order chi connectivity index (χ0) is 7.98. The van der Waals surface area contributed by atoms with Crippen molar-refractivity contribution >= 4 is 17.7 Å². The molecule has 0 rings (SSSR count). The molecule has 10 heavy (non-hydrogen) atoms. The van der Waals surface area contributed by atoms with Gasteiger partial charge in [0.2, 0.25) is 0 Å². The first-order chi connectivity index (χ1) is 4.72. The second-order valence-corrected chi connectivity index (χ2v) is 2.62. The molecule has 2 nitrogen and oxygen atoms in total. The van der Waals surface area contributed by atoms with Gasteiger partial charge in [0.25, 0.3) is 0 Å². The molecule has 0 amide bonds. The van der Waals surface area contributed by atoms with Gasteiger partial charge in [-0.3, -0.25) is 0 Å². The molecule has 0 aromatic rings. The number of carbonyl (C=O) groups is 1. The molecule has 0 aromatic carbocycles. The molecule has 0 saturated carbocycles. The van der Waals surface area contributed by atoms with Crippen LogP contribution in [0.3, 0.4) is 0 Å². The Bertz CT molecular complexity index is 116. The highest BCUT2D eigenvalue weighted by Crippen LogP contribution is 2.02. The van der Waals surface area contributed by atoms with E-state index in [1.165, 1.54) is 0 Å². The Morgan fingerprint density at radius 3 is 2.70 bits per heavy atom. The average Bonchev–Trinajstić information content (AvgIpc) is 1.89. The zero-order valence-corrected chi connectivity index (χ0v) is 7.16. The lowest BCUT2D eigenvalue weighted by atomic mass is 10.4. The van der Waals surface area contributed by atoms with Crippen molar-refractivity contribution in [1.82, 2.24) is 0 Å². The summed E-state index contributed by atoms with van der Waals surface area (Å²) < 4.78 is 4.70. The molecule has 0 bridgehead atoms. The number of hydrogen-bond acceptors (Lipinski definition) is 3. The number of rotatable bonds is 4. The lowest BCUT2D eigenvalue weighted by Crippen LogP contribution is -2.07. The van der Waals surface area contributed by atoms with Gasteiger partial charge in [-0.1, -0.05) is 6.58 Å². The van der Waals surface area contributed by atoms with Gasteiger partial charge in [-0.05, 0) is 13.2 Å². The number of thioether (sulfide) groups is 1. The summed E-state index contributed by atoms with van der Waals surface area (Å²) >= 11 is 1.56. The molecule has 0 unspecified atom stereocenters. The van der Waals surface area contributed by atoms with E-state index in [1.54, 1.807) is 18.7 Å². The molecule has 58 valence electrons. The van der Waals surface area contributed by atoms with Crippen molar-refractivity contribution in [3.63, 3.8) is 0 Å². The van der Waals surface area contributed by atoms with Crippen molar-refractivity contribution in [2.75, 3.05) is 18.6 Å². The van der Waals surface area contributed by atoms with Crippen LogP contribution in [0.25, 0.3) is 0 Å². The first-order valence-electron chi connectivity index (χ1n) is 3.06. The minimum absolute atomic E-state index is 0.281. The predicted octanol–water partition coefficient (Wildman–Crippen LogP) is 1.47. The van der Waals surface area contributed by atoms with Gasteiger partial charge in [0.15, 0.2) is 0 Å². The molecule has 0 radical (unpaired) electrons. The number of esters is 1. The maximum absolute atomic E-state index is 10.8. The van der Waals surface area contributed by atoms with Gasteiger partial charge >= 0.3 is 5.97 Å². The number of ether oxygens (including phenoxy) is 1. The molecule has 0 aliphatic carbocycles. The molecule has 0 aromatic heterocycles. The van der Waals surface area contributed by atoms with Crippen molar-refractivity contribution < 1.29 is 9.53 Å². The second-order valence-electron chi connectivity index (χ2n) is 1.76. The van der Waals surface area contributed by atoms with E-state index in [2.05, 4.69) is 6.58 Å². The van der Waals surface area contributed by atoms with Crippen molar-refractivity contribution in [2.45, 2.75) is 6.92 Å². The van der Waals surface area contributed by atoms with Gasteiger partial charge in [0, 0.05) is 11.3 Å². The molecule has 0 spiro atoms. The summed E-state index contributed by atoms with van der Waals surface area (Å²) in [6.45, 7) is 5.77.